The van der Waals surface area contributed by atoms with E-state index in [2.05, 4.69) is 27.7 Å². The number of rotatable bonds is 6. The molecular formula is C12H24O. The van der Waals surface area contributed by atoms with Gasteiger partial charge < -0.3 is 0 Å². The van der Waals surface area contributed by atoms with Gasteiger partial charge in [-0.25, -0.2) is 0 Å². The molecule has 0 aromatic rings. The third-order valence-corrected chi connectivity index (χ3v) is 2.62. The summed E-state index contributed by atoms with van der Waals surface area (Å²) in [4.78, 5) is 11.3. The molecule has 0 saturated heterocycles. The molecule has 1 atom stereocenters. The van der Waals surface area contributed by atoms with Gasteiger partial charge in [-0.1, -0.05) is 40.5 Å². The summed E-state index contributed by atoms with van der Waals surface area (Å²) in [5.74, 6) is 1.92. The second-order valence-corrected chi connectivity index (χ2v) is 4.79. The molecule has 1 unspecified atom stereocenters. The van der Waals surface area contributed by atoms with Gasteiger partial charge in [0.2, 0.25) is 0 Å². The summed E-state index contributed by atoms with van der Waals surface area (Å²) in [6, 6.07) is 0. The van der Waals surface area contributed by atoms with E-state index in [1.165, 1.54) is 12.8 Å². The molecule has 0 rings (SSSR count). The SMILES string of the molecule is CC(=O)C(CCCC(C)C)C(C)C. The van der Waals surface area contributed by atoms with Crippen LogP contribution in [0.25, 0.3) is 0 Å². The van der Waals surface area contributed by atoms with Crippen molar-refractivity contribution in [3.8, 4) is 0 Å². The van der Waals surface area contributed by atoms with E-state index >= 15 is 0 Å². The number of carbonyl (C=O) groups is 1. The molecule has 0 saturated carbocycles. The number of Topliss-reactive ketones (excluding diaryl/α,β-unsaturated/α-hetero) is 1. The van der Waals surface area contributed by atoms with Gasteiger partial charge in [0.25, 0.3) is 0 Å². The van der Waals surface area contributed by atoms with Crippen LogP contribution in [0.1, 0.15) is 53.9 Å². The average molecular weight is 184 g/mol. The Morgan fingerprint density at radius 1 is 1.08 bits per heavy atom. The molecule has 0 aliphatic heterocycles. The summed E-state index contributed by atoms with van der Waals surface area (Å²) in [7, 11) is 0. The van der Waals surface area contributed by atoms with Crippen LogP contribution < -0.4 is 0 Å². The highest BCUT2D eigenvalue weighted by atomic mass is 16.1. The lowest BCUT2D eigenvalue weighted by atomic mass is 9.86. The van der Waals surface area contributed by atoms with E-state index in [0.717, 1.165) is 12.3 Å². The molecule has 0 fully saturated rings. The number of ketones is 1. The van der Waals surface area contributed by atoms with Crippen LogP contribution in [-0.2, 0) is 4.79 Å². The first-order chi connectivity index (χ1) is 5.95. The molecule has 0 spiro atoms. The minimum atomic E-state index is 0.291. The molecule has 0 aliphatic carbocycles. The summed E-state index contributed by atoms with van der Waals surface area (Å²) in [6.07, 6.45) is 3.52. The predicted octanol–water partition coefficient (Wildman–Crippen LogP) is 3.67. The maximum atomic E-state index is 11.3. The molecule has 13 heavy (non-hydrogen) atoms. The van der Waals surface area contributed by atoms with Crippen molar-refractivity contribution < 1.29 is 4.79 Å². The van der Waals surface area contributed by atoms with Crippen molar-refractivity contribution in [2.24, 2.45) is 17.8 Å². The Morgan fingerprint density at radius 3 is 1.92 bits per heavy atom. The minimum Gasteiger partial charge on any atom is -0.300 e. The molecular weight excluding hydrogens is 160 g/mol. The van der Waals surface area contributed by atoms with Crippen molar-refractivity contribution in [2.75, 3.05) is 0 Å². The van der Waals surface area contributed by atoms with Gasteiger partial charge in [-0.15, -0.1) is 0 Å². The quantitative estimate of drug-likeness (QED) is 0.615. The number of hydrogen-bond donors (Lipinski definition) is 0. The van der Waals surface area contributed by atoms with E-state index in [0.29, 0.717) is 17.6 Å². The molecule has 0 aromatic heterocycles. The van der Waals surface area contributed by atoms with Crippen LogP contribution in [0, 0.1) is 17.8 Å². The van der Waals surface area contributed by atoms with Gasteiger partial charge in [-0.05, 0) is 25.2 Å². The van der Waals surface area contributed by atoms with E-state index in [4.69, 9.17) is 0 Å². The van der Waals surface area contributed by atoms with Crippen LogP contribution in [0.5, 0.6) is 0 Å². The standard InChI is InChI=1S/C12H24O/c1-9(2)7-6-8-12(10(3)4)11(5)13/h9-10,12H,6-8H2,1-5H3. The molecule has 1 nitrogen and oxygen atoms in total. The Morgan fingerprint density at radius 2 is 1.62 bits per heavy atom. The molecule has 0 heterocycles. The molecule has 78 valence electrons. The highest BCUT2D eigenvalue weighted by molar-refractivity contribution is 5.78. The number of carbonyl (C=O) groups excluding carboxylic acids is 1. The Hall–Kier alpha value is -0.330. The summed E-state index contributed by atoms with van der Waals surface area (Å²) in [6.45, 7) is 10.5. The Balaban J connectivity index is 3.77. The van der Waals surface area contributed by atoms with Crippen molar-refractivity contribution in [3.63, 3.8) is 0 Å². The monoisotopic (exact) mass is 184 g/mol. The van der Waals surface area contributed by atoms with Gasteiger partial charge in [0.05, 0.1) is 0 Å². The van der Waals surface area contributed by atoms with Gasteiger partial charge in [0.15, 0.2) is 0 Å². The van der Waals surface area contributed by atoms with Crippen molar-refractivity contribution in [1.82, 2.24) is 0 Å². The zero-order valence-corrected chi connectivity index (χ0v) is 9.76. The van der Waals surface area contributed by atoms with E-state index < -0.39 is 0 Å². The first-order valence-electron chi connectivity index (χ1n) is 5.45. The first kappa shape index (κ1) is 12.7. The van der Waals surface area contributed by atoms with Crippen LogP contribution in [0.15, 0.2) is 0 Å². The predicted molar refractivity (Wildman–Crippen MR) is 57.7 cm³/mol. The topological polar surface area (TPSA) is 17.1 Å². The second-order valence-electron chi connectivity index (χ2n) is 4.79. The lowest BCUT2D eigenvalue weighted by Gasteiger charge is -2.17. The van der Waals surface area contributed by atoms with Gasteiger partial charge in [-0.2, -0.15) is 0 Å². The van der Waals surface area contributed by atoms with E-state index in [1.807, 2.05) is 0 Å². The Bertz CT molecular complexity index is 147. The lowest BCUT2D eigenvalue weighted by Crippen LogP contribution is -2.17. The van der Waals surface area contributed by atoms with Crippen molar-refractivity contribution in [3.05, 3.63) is 0 Å². The van der Waals surface area contributed by atoms with Gasteiger partial charge >= 0.3 is 0 Å². The van der Waals surface area contributed by atoms with Crippen LogP contribution in [0.3, 0.4) is 0 Å². The summed E-state index contributed by atoms with van der Waals surface area (Å²) in [5, 5.41) is 0. The Labute approximate surface area is 82.9 Å². The largest absolute Gasteiger partial charge is 0.300 e. The fourth-order valence-electron chi connectivity index (χ4n) is 1.75. The number of hydrogen-bond acceptors (Lipinski definition) is 1. The highest BCUT2D eigenvalue weighted by Gasteiger charge is 2.17. The molecule has 1 heteroatoms. The zero-order chi connectivity index (χ0) is 10.4. The fraction of sp³-hybridized carbons (Fsp3) is 0.917. The fourth-order valence-corrected chi connectivity index (χ4v) is 1.75. The summed E-state index contributed by atoms with van der Waals surface area (Å²) < 4.78 is 0. The summed E-state index contributed by atoms with van der Waals surface area (Å²) in [5.41, 5.74) is 0. The van der Waals surface area contributed by atoms with Crippen LogP contribution in [-0.4, -0.2) is 5.78 Å². The molecule has 0 aliphatic rings. The van der Waals surface area contributed by atoms with E-state index in [-0.39, 0.29) is 0 Å². The van der Waals surface area contributed by atoms with Crippen molar-refractivity contribution in [1.29, 1.82) is 0 Å². The van der Waals surface area contributed by atoms with Crippen LogP contribution in [0.2, 0.25) is 0 Å². The normalized spacial score (nSPS) is 13.8. The average Bonchev–Trinajstić information content (AvgIpc) is 1.95. The van der Waals surface area contributed by atoms with Gasteiger partial charge in [0, 0.05) is 5.92 Å². The first-order valence-corrected chi connectivity index (χ1v) is 5.45. The second kappa shape index (κ2) is 6.17. The third kappa shape index (κ3) is 5.84. The maximum absolute atomic E-state index is 11.3. The van der Waals surface area contributed by atoms with Gasteiger partial charge in [-0.3, -0.25) is 4.79 Å². The molecule has 0 N–H and O–H groups in total. The van der Waals surface area contributed by atoms with E-state index in [1.54, 1.807) is 6.92 Å². The maximum Gasteiger partial charge on any atom is 0.133 e. The van der Waals surface area contributed by atoms with Gasteiger partial charge in [0.1, 0.15) is 5.78 Å². The van der Waals surface area contributed by atoms with E-state index in [9.17, 15) is 4.79 Å². The molecule has 0 bridgehead atoms. The smallest absolute Gasteiger partial charge is 0.133 e. The van der Waals surface area contributed by atoms with Crippen molar-refractivity contribution >= 4 is 5.78 Å². The minimum absolute atomic E-state index is 0.291. The Kier molecular flexibility index (Phi) is 6.02. The van der Waals surface area contributed by atoms with Crippen molar-refractivity contribution in [2.45, 2.75) is 53.9 Å². The highest BCUT2D eigenvalue weighted by Crippen LogP contribution is 2.20. The molecule has 0 radical (unpaired) electrons. The summed E-state index contributed by atoms with van der Waals surface area (Å²) >= 11 is 0. The molecule has 0 amide bonds. The van der Waals surface area contributed by atoms with Crippen LogP contribution in [0.4, 0.5) is 0 Å². The lowest BCUT2D eigenvalue weighted by molar-refractivity contribution is -0.122. The third-order valence-electron chi connectivity index (χ3n) is 2.62. The zero-order valence-electron chi connectivity index (χ0n) is 9.76. The van der Waals surface area contributed by atoms with Crippen LogP contribution >= 0.6 is 0 Å². The molecule has 0 aromatic carbocycles.